The Morgan fingerprint density at radius 2 is 1.82 bits per heavy atom. The maximum Gasteiger partial charge on any atom is 0.127 e. The van der Waals surface area contributed by atoms with E-state index in [2.05, 4.69) is 13.0 Å². The van der Waals surface area contributed by atoms with Crippen molar-refractivity contribution < 1.29 is 9.84 Å². The van der Waals surface area contributed by atoms with E-state index in [0.29, 0.717) is 0 Å². The summed E-state index contributed by atoms with van der Waals surface area (Å²) < 4.78 is 5.39. The van der Waals surface area contributed by atoms with E-state index in [4.69, 9.17) is 4.74 Å². The van der Waals surface area contributed by atoms with E-state index >= 15 is 0 Å². The fraction of sp³-hybridized carbons (Fsp3) is 0.200. The van der Waals surface area contributed by atoms with Crippen LogP contribution in [0, 0.1) is 6.92 Å². The molecule has 0 amide bonds. The number of aliphatic hydroxyl groups is 1. The summed E-state index contributed by atoms with van der Waals surface area (Å²) in [6.45, 7) is 2.07. The molecule has 2 rings (SSSR count). The highest BCUT2D eigenvalue weighted by Gasteiger charge is 2.12. The van der Waals surface area contributed by atoms with Gasteiger partial charge in [0.1, 0.15) is 5.75 Å². The van der Waals surface area contributed by atoms with E-state index in [1.165, 1.54) is 5.56 Å². The SMILES string of the molecule is COc1cccc(CO)c1-c1ccccc1C. The molecule has 2 heteroatoms. The van der Waals surface area contributed by atoms with Gasteiger partial charge in [0.15, 0.2) is 0 Å². The fourth-order valence-electron chi connectivity index (χ4n) is 2.04. The Bertz CT molecular complexity index is 496. The van der Waals surface area contributed by atoms with Crippen molar-refractivity contribution in [2.45, 2.75) is 13.5 Å². The van der Waals surface area contributed by atoms with Gasteiger partial charge in [-0.1, -0.05) is 36.4 Å². The molecule has 0 aliphatic heterocycles. The number of ether oxygens (including phenoxy) is 1. The zero-order valence-electron chi connectivity index (χ0n) is 10.1. The van der Waals surface area contributed by atoms with Gasteiger partial charge < -0.3 is 9.84 Å². The highest BCUT2D eigenvalue weighted by atomic mass is 16.5. The second-order valence-electron chi connectivity index (χ2n) is 3.97. The Morgan fingerprint density at radius 3 is 2.47 bits per heavy atom. The van der Waals surface area contributed by atoms with Crippen LogP contribution in [-0.4, -0.2) is 12.2 Å². The summed E-state index contributed by atoms with van der Waals surface area (Å²) in [4.78, 5) is 0. The number of rotatable bonds is 3. The number of benzene rings is 2. The highest BCUT2D eigenvalue weighted by molar-refractivity contribution is 5.76. The van der Waals surface area contributed by atoms with E-state index in [9.17, 15) is 5.11 Å². The molecule has 0 aliphatic rings. The Balaban J connectivity index is 2.69. The smallest absolute Gasteiger partial charge is 0.127 e. The third-order valence-electron chi connectivity index (χ3n) is 2.92. The van der Waals surface area contributed by atoms with Crippen LogP contribution in [-0.2, 0) is 6.61 Å². The Kier molecular flexibility index (Phi) is 3.45. The highest BCUT2D eigenvalue weighted by Crippen LogP contribution is 2.35. The van der Waals surface area contributed by atoms with Crippen LogP contribution >= 0.6 is 0 Å². The standard InChI is InChI=1S/C15H16O2/c1-11-6-3-4-8-13(11)15-12(10-16)7-5-9-14(15)17-2/h3-9,16H,10H2,1-2H3. The maximum absolute atomic E-state index is 9.44. The van der Waals surface area contributed by atoms with Crippen molar-refractivity contribution >= 4 is 0 Å². The van der Waals surface area contributed by atoms with Gasteiger partial charge in [0.2, 0.25) is 0 Å². The molecular weight excluding hydrogens is 212 g/mol. The van der Waals surface area contributed by atoms with Crippen molar-refractivity contribution in [2.75, 3.05) is 7.11 Å². The number of methoxy groups -OCH3 is 1. The molecule has 0 spiro atoms. The van der Waals surface area contributed by atoms with E-state index < -0.39 is 0 Å². The lowest BCUT2D eigenvalue weighted by molar-refractivity contribution is 0.281. The van der Waals surface area contributed by atoms with Gasteiger partial charge in [0.25, 0.3) is 0 Å². The molecule has 0 heterocycles. The fourth-order valence-corrected chi connectivity index (χ4v) is 2.04. The average Bonchev–Trinajstić information content (AvgIpc) is 2.38. The zero-order valence-corrected chi connectivity index (χ0v) is 10.1. The quantitative estimate of drug-likeness (QED) is 0.874. The van der Waals surface area contributed by atoms with Crippen LogP contribution in [0.25, 0.3) is 11.1 Å². The van der Waals surface area contributed by atoms with Crippen molar-refractivity contribution in [1.82, 2.24) is 0 Å². The van der Waals surface area contributed by atoms with Crippen LogP contribution in [0.2, 0.25) is 0 Å². The lowest BCUT2D eigenvalue weighted by Gasteiger charge is -2.14. The molecule has 0 aromatic heterocycles. The second-order valence-corrected chi connectivity index (χ2v) is 3.97. The van der Waals surface area contributed by atoms with Crippen LogP contribution in [0.1, 0.15) is 11.1 Å². The molecular formula is C15H16O2. The largest absolute Gasteiger partial charge is 0.496 e. The predicted molar refractivity (Wildman–Crippen MR) is 69.1 cm³/mol. The lowest BCUT2D eigenvalue weighted by atomic mass is 9.95. The summed E-state index contributed by atoms with van der Waals surface area (Å²) in [7, 11) is 1.65. The summed E-state index contributed by atoms with van der Waals surface area (Å²) in [5.41, 5.74) is 4.15. The molecule has 0 bridgehead atoms. The summed E-state index contributed by atoms with van der Waals surface area (Å²) in [5, 5.41) is 9.44. The van der Waals surface area contributed by atoms with Crippen molar-refractivity contribution in [3.8, 4) is 16.9 Å². The monoisotopic (exact) mass is 228 g/mol. The first-order chi connectivity index (χ1) is 8.27. The predicted octanol–water partition coefficient (Wildman–Crippen LogP) is 3.16. The van der Waals surface area contributed by atoms with Gasteiger partial charge in [0.05, 0.1) is 13.7 Å². The number of hydrogen-bond donors (Lipinski definition) is 1. The molecule has 17 heavy (non-hydrogen) atoms. The van der Waals surface area contributed by atoms with Crippen molar-refractivity contribution in [2.24, 2.45) is 0 Å². The van der Waals surface area contributed by atoms with E-state index in [-0.39, 0.29) is 6.61 Å². The Hall–Kier alpha value is -1.80. The van der Waals surface area contributed by atoms with E-state index in [0.717, 1.165) is 22.4 Å². The molecule has 2 aromatic carbocycles. The second kappa shape index (κ2) is 5.02. The van der Waals surface area contributed by atoms with Crippen LogP contribution in [0.15, 0.2) is 42.5 Å². The summed E-state index contributed by atoms with van der Waals surface area (Å²) in [5.74, 6) is 0.797. The summed E-state index contributed by atoms with van der Waals surface area (Å²) in [6.07, 6.45) is 0. The zero-order chi connectivity index (χ0) is 12.3. The normalized spacial score (nSPS) is 10.3. The third-order valence-corrected chi connectivity index (χ3v) is 2.92. The molecule has 2 nitrogen and oxygen atoms in total. The van der Waals surface area contributed by atoms with Crippen LogP contribution in [0.4, 0.5) is 0 Å². The number of hydrogen-bond acceptors (Lipinski definition) is 2. The Morgan fingerprint density at radius 1 is 1.06 bits per heavy atom. The summed E-state index contributed by atoms with van der Waals surface area (Å²) >= 11 is 0. The molecule has 1 N–H and O–H groups in total. The van der Waals surface area contributed by atoms with Crippen LogP contribution < -0.4 is 4.74 Å². The Labute approximate surface area is 101 Å². The molecule has 88 valence electrons. The average molecular weight is 228 g/mol. The van der Waals surface area contributed by atoms with E-state index in [1.54, 1.807) is 7.11 Å². The van der Waals surface area contributed by atoms with Gasteiger partial charge in [-0.05, 0) is 29.7 Å². The molecule has 0 fully saturated rings. The van der Waals surface area contributed by atoms with Crippen LogP contribution in [0.5, 0.6) is 5.75 Å². The minimum absolute atomic E-state index is 0.0147. The van der Waals surface area contributed by atoms with Crippen molar-refractivity contribution in [3.05, 3.63) is 53.6 Å². The molecule has 0 saturated heterocycles. The molecule has 0 aliphatic carbocycles. The van der Waals surface area contributed by atoms with Crippen LogP contribution in [0.3, 0.4) is 0 Å². The van der Waals surface area contributed by atoms with Gasteiger partial charge in [-0.15, -0.1) is 0 Å². The van der Waals surface area contributed by atoms with Gasteiger partial charge >= 0.3 is 0 Å². The lowest BCUT2D eigenvalue weighted by Crippen LogP contribution is -1.95. The molecule has 2 aromatic rings. The molecule has 0 unspecified atom stereocenters. The topological polar surface area (TPSA) is 29.5 Å². The van der Waals surface area contributed by atoms with E-state index in [1.807, 2.05) is 36.4 Å². The minimum Gasteiger partial charge on any atom is -0.496 e. The number of aliphatic hydroxyl groups excluding tert-OH is 1. The first kappa shape index (κ1) is 11.7. The van der Waals surface area contributed by atoms with Crippen molar-refractivity contribution in [3.63, 3.8) is 0 Å². The third kappa shape index (κ3) is 2.17. The van der Waals surface area contributed by atoms with Gasteiger partial charge in [0, 0.05) is 5.56 Å². The number of aryl methyl sites for hydroxylation is 1. The first-order valence-corrected chi connectivity index (χ1v) is 5.60. The maximum atomic E-state index is 9.44. The molecule has 0 saturated carbocycles. The van der Waals surface area contributed by atoms with Gasteiger partial charge in [-0.3, -0.25) is 0 Å². The first-order valence-electron chi connectivity index (χ1n) is 5.60. The minimum atomic E-state index is 0.0147. The van der Waals surface area contributed by atoms with Gasteiger partial charge in [-0.25, -0.2) is 0 Å². The van der Waals surface area contributed by atoms with Crippen molar-refractivity contribution in [1.29, 1.82) is 0 Å². The van der Waals surface area contributed by atoms with Gasteiger partial charge in [-0.2, -0.15) is 0 Å². The summed E-state index contributed by atoms with van der Waals surface area (Å²) in [6, 6.07) is 13.8. The molecule has 0 atom stereocenters. The molecule has 0 radical (unpaired) electrons.